The minimum atomic E-state index is 0.646. The molecule has 3 heteroatoms. The van der Waals surface area contributed by atoms with Gasteiger partial charge in [-0.15, -0.1) is 0 Å². The standard InChI is InChI=1S/C10H18N2S/c1-8-4-2-3-7-12(8)10(13)11-9-5-6-9/h8-9H,2-7H2,1H3,(H,11,13)/t8-/m1/s1. The third kappa shape index (κ3) is 2.33. The van der Waals surface area contributed by atoms with Crippen molar-refractivity contribution in [1.29, 1.82) is 0 Å². The highest BCUT2D eigenvalue weighted by atomic mass is 32.1. The lowest BCUT2D eigenvalue weighted by atomic mass is 10.0. The minimum absolute atomic E-state index is 0.646. The third-order valence-electron chi connectivity index (χ3n) is 2.97. The highest BCUT2D eigenvalue weighted by molar-refractivity contribution is 7.80. The summed E-state index contributed by atoms with van der Waals surface area (Å²) in [5, 5.41) is 4.41. The first-order valence-corrected chi connectivity index (χ1v) is 5.75. The van der Waals surface area contributed by atoms with E-state index in [4.69, 9.17) is 12.2 Å². The molecule has 0 aromatic rings. The van der Waals surface area contributed by atoms with E-state index >= 15 is 0 Å². The molecule has 0 radical (unpaired) electrons. The molecule has 1 aliphatic heterocycles. The minimum Gasteiger partial charge on any atom is -0.360 e. The summed E-state index contributed by atoms with van der Waals surface area (Å²) in [4.78, 5) is 2.36. The second-order valence-electron chi connectivity index (χ2n) is 4.26. The van der Waals surface area contributed by atoms with E-state index in [1.807, 2.05) is 0 Å². The predicted molar refractivity (Wildman–Crippen MR) is 58.8 cm³/mol. The second-order valence-corrected chi connectivity index (χ2v) is 4.65. The Morgan fingerprint density at radius 2 is 2.08 bits per heavy atom. The SMILES string of the molecule is C[C@@H]1CCCCN1C(=S)NC1CC1. The van der Waals surface area contributed by atoms with E-state index in [0.29, 0.717) is 12.1 Å². The van der Waals surface area contributed by atoms with Gasteiger partial charge < -0.3 is 10.2 Å². The molecule has 1 saturated heterocycles. The van der Waals surface area contributed by atoms with Crippen LogP contribution in [-0.4, -0.2) is 28.6 Å². The second kappa shape index (κ2) is 3.82. The fourth-order valence-corrected chi connectivity index (χ4v) is 2.32. The van der Waals surface area contributed by atoms with Gasteiger partial charge in [-0.3, -0.25) is 0 Å². The lowest BCUT2D eigenvalue weighted by Crippen LogP contribution is -2.47. The summed E-state index contributed by atoms with van der Waals surface area (Å²) >= 11 is 5.38. The van der Waals surface area contributed by atoms with Gasteiger partial charge in [-0.05, 0) is 51.2 Å². The summed E-state index contributed by atoms with van der Waals surface area (Å²) in [6.07, 6.45) is 6.58. The molecule has 2 aliphatic rings. The van der Waals surface area contributed by atoms with Gasteiger partial charge in [-0.1, -0.05) is 0 Å². The molecule has 0 bridgehead atoms. The number of piperidine rings is 1. The molecule has 0 unspecified atom stereocenters. The van der Waals surface area contributed by atoms with E-state index < -0.39 is 0 Å². The molecule has 13 heavy (non-hydrogen) atoms. The number of likely N-dealkylation sites (tertiary alicyclic amines) is 1. The van der Waals surface area contributed by atoms with Crippen molar-refractivity contribution in [2.75, 3.05) is 6.54 Å². The number of hydrogen-bond donors (Lipinski definition) is 1. The van der Waals surface area contributed by atoms with Crippen LogP contribution in [-0.2, 0) is 0 Å². The maximum atomic E-state index is 5.38. The van der Waals surface area contributed by atoms with Crippen molar-refractivity contribution >= 4 is 17.3 Å². The summed E-state index contributed by atoms with van der Waals surface area (Å²) in [5.41, 5.74) is 0. The van der Waals surface area contributed by atoms with Crippen molar-refractivity contribution in [2.45, 2.75) is 51.1 Å². The highest BCUT2D eigenvalue weighted by Crippen LogP contribution is 2.21. The molecule has 2 fully saturated rings. The molecule has 0 spiro atoms. The van der Waals surface area contributed by atoms with Crippen molar-refractivity contribution in [2.24, 2.45) is 0 Å². The Hall–Kier alpha value is -0.310. The Kier molecular flexibility index (Phi) is 2.72. The van der Waals surface area contributed by atoms with Gasteiger partial charge in [0.1, 0.15) is 0 Å². The maximum absolute atomic E-state index is 5.38. The molecule has 74 valence electrons. The van der Waals surface area contributed by atoms with Crippen molar-refractivity contribution in [3.8, 4) is 0 Å². The first-order chi connectivity index (χ1) is 6.27. The normalized spacial score (nSPS) is 28.7. The molecular formula is C10H18N2S. The van der Waals surface area contributed by atoms with Crippen LogP contribution in [0.2, 0.25) is 0 Å². The van der Waals surface area contributed by atoms with Crippen LogP contribution < -0.4 is 5.32 Å². The van der Waals surface area contributed by atoms with Gasteiger partial charge >= 0.3 is 0 Å². The smallest absolute Gasteiger partial charge is 0.169 e. The zero-order valence-corrected chi connectivity index (χ0v) is 9.07. The van der Waals surface area contributed by atoms with Crippen LogP contribution in [0.5, 0.6) is 0 Å². The monoisotopic (exact) mass is 198 g/mol. The molecule has 0 aromatic carbocycles. The first kappa shape index (κ1) is 9.25. The molecule has 0 aromatic heterocycles. The topological polar surface area (TPSA) is 15.3 Å². The van der Waals surface area contributed by atoms with Crippen LogP contribution in [0, 0.1) is 0 Å². The summed E-state index contributed by atoms with van der Waals surface area (Å²) in [6.45, 7) is 3.43. The van der Waals surface area contributed by atoms with E-state index in [0.717, 1.165) is 11.7 Å². The molecule has 1 aliphatic carbocycles. The van der Waals surface area contributed by atoms with Crippen LogP contribution >= 0.6 is 12.2 Å². The number of nitrogens with zero attached hydrogens (tertiary/aromatic N) is 1. The molecule has 0 amide bonds. The van der Waals surface area contributed by atoms with Crippen LogP contribution in [0.3, 0.4) is 0 Å². The van der Waals surface area contributed by atoms with Gasteiger partial charge in [-0.25, -0.2) is 0 Å². The predicted octanol–water partition coefficient (Wildman–Crippen LogP) is 1.90. The van der Waals surface area contributed by atoms with E-state index in [-0.39, 0.29) is 0 Å². The number of thiocarbonyl (C=S) groups is 1. The van der Waals surface area contributed by atoms with Crippen molar-refractivity contribution < 1.29 is 0 Å². The Bertz CT molecular complexity index is 201. The van der Waals surface area contributed by atoms with E-state index in [9.17, 15) is 0 Å². The fourth-order valence-electron chi connectivity index (χ4n) is 1.89. The lowest BCUT2D eigenvalue weighted by Gasteiger charge is -2.35. The van der Waals surface area contributed by atoms with E-state index in [1.165, 1.54) is 32.1 Å². The van der Waals surface area contributed by atoms with Crippen LogP contribution in [0.4, 0.5) is 0 Å². The summed E-state index contributed by atoms with van der Waals surface area (Å²) in [5.74, 6) is 0. The molecule has 1 atom stereocenters. The lowest BCUT2D eigenvalue weighted by molar-refractivity contribution is 0.255. The number of nitrogens with one attached hydrogen (secondary N) is 1. The van der Waals surface area contributed by atoms with Crippen LogP contribution in [0.25, 0.3) is 0 Å². The van der Waals surface area contributed by atoms with Gasteiger partial charge in [0.2, 0.25) is 0 Å². The fraction of sp³-hybridized carbons (Fsp3) is 0.900. The van der Waals surface area contributed by atoms with Gasteiger partial charge in [0.05, 0.1) is 0 Å². The van der Waals surface area contributed by atoms with Crippen molar-refractivity contribution in [3.05, 3.63) is 0 Å². The Morgan fingerprint density at radius 3 is 2.69 bits per heavy atom. The molecule has 2 rings (SSSR count). The molecular weight excluding hydrogens is 180 g/mol. The maximum Gasteiger partial charge on any atom is 0.169 e. The summed E-state index contributed by atoms with van der Waals surface area (Å²) in [7, 11) is 0. The summed E-state index contributed by atoms with van der Waals surface area (Å²) < 4.78 is 0. The third-order valence-corrected chi connectivity index (χ3v) is 3.32. The Balaban J connectivity index is 1.85. The van der Waals surface area contributed by atoms with Crippen molar-refractivity contribution in [1.82, 2.24) is 10.2 Å². The molecule has 2 nitrogen and oxygen atoms in total. The van der Waals surface area contributed by atoms with Gasteiger partial charge in [-0.2, -0.15) is 0 Å². The number of rotatable bonds is 1. The Morgan fingerprint density at radius 1 is 1.31 bits per heavy atom. The largest absolute Gasteiger partial charge is 0.360 e. The molecule has 1 heterocycles. The average Bonchev–Trinajstić information content (AvgIpc) is 2.89. The van der Waals surface area contributed by atoms with E-state index in [1.54, 1.807) is 0 Å². The highest BCUT2D eigenvalue weighted by Gasteiger charge is 2.26. The Labute approximate surface area is 85.7 Å². The quantitative estimate of drug-likeness (QED) is 0.648. The van der Waals surface area contributed by atoms with Crippen LogP contribution in [0.15, 0.2) is 0 Å². The zero-order valence-electron chi connectivity index (χ0n) is 8.25. The van der Waals surface area contributed by atoms with Crippen molar-refractivity contribution in [3.63, 3.8) is 0 Å². The summed E-state index contributed by atoms with van der Waals surface area (Å²) in [6, 6.07) is 1.34. The first-order valence-electron chi connectivity index (χ1n) is 5.34. The van der Waals surface area contributed by atoms with Crippen LogP contribution in [0.1, 0.15) is 39.0 Å². The van der Waals surface area contributed by atoms with Gasteiger partial charge in [0, 0.05) is 18.6 Å². The number of hydrogen-bond acceptors (Lipinski definition) is 1. The zero-order chi connectivity index (χ0) is 9.26. The molecule has 1 saturated carbocycles. The van der Waals surface area contributed by atoms with E-state index in [2.05, 4.69) is 17.1 Å². The average molecular weight is 198 g/mol. The van der Waals surface area contributed by atoms with Gasteiger partial charge in [0.15, 0.2) is 5.11 Å². The molecule has 1 N–H and O–H groups in total. The van der Waals surface area contributed by atoms with Gasteiger partial charge in [0.25, 0.3) is 0 Å².